The maximum Gasteiger partial charge on any atom is 0.228 e. The Kier molecular flexibility index (Phi) is 4.61. The second-order valence-corrected chi connectivity index (χ2v) is 5.71. The zero-order valence-corrected chi connectivity index (χ0v) is 12.8. The van der Waals surface area contributed by atoms with Crippen molar-refractivity contribution >= 4 is 23.2 Å². The first-order chi connectivity index (χ1) is 10.7. The third-order valence-electron chi connectivity index (χ3n) is 3.44. The predicted octanol–water partition coefficient (Wildman–Crippen LogP) is 2.87. The molecule has 114 valence electrons. The van der Waals surface area contributed by atoms with Gasteiger partial charge in [0.15, 0.2) is 0 Å². The van der Waals surface area contributed by atoms with Crippen molar-refractivity contribution in [2.24, 2.45) is 0 Å². The lowest BCUT2D eigenvalue weighted by molar-refractivity contribution is -0.115. The highest BCUT2D eigenvalue weighted by molar-refractivity contribution is 6.30. The molecule has 2 aromatic carbocycles. The van der Waals surface area contributed by atoms with Crippen molar-refractivity contribution in [1.82, 2.24) is 5.32 Å². The number of anilines is 1. The molecule has 0 spiro atoms. The second-order valence-electron chi connectivity index (χ2n) is 5.28. The Balaban J connectivity index is 1.54. The number of benzene rings is 2. The van der Waals surface area contributed by atoms with Crippen LogP contribution in [0.3, 0.4) is 0 Å². The maximum absolute atomic E-state index is 12.0. The zero-order chi connectivity index (χ0) is 15.4. The van der Waals surface area contributed by atoms with Gasteiger partial charge in [0, 0.05) is 23.8 Å². The highest BCUT2D eigenvalue weighted by atomic mass is 35.5. The molecule has 0 saturated carbocycles. The second kappa shape index (κ2) is 6.81. The molecule has 1 fully saturated rings. The van der Waals surface area contributed by atoms with Crippen molar-refractivity contribution in [3.63, 3.8) is 0 Å². The number of hydrogen-bond donors (Lipinski definition) is 2. The summed E-state index contributed by atoms with van der Waals surface area (Å²) in [7, 11) is 0. The lowest BCUT2D eigenvalue weighted by atomic mass is 10.1. The van der Waals surface area contributed by atoms with Gasteiger partial charge in [0.05, 0.1) is 6.42 Å². The van der Waals surface area contributed by atoms with Gasteiger partial charge in [0.25, 0.3) is 0 Å². The van der Waals surface area contributed by atoms with Crippen LogP contribution >= 0.6 is 11.6 Å². The van der Waals surface area contributed by atoms with E-state index in [4.69, 9.17) is 16.3 Å². The zero-order valence-electron chi connectivity index (χ0n) is 12.0. The van der Waals surface area contributed by atoms with E-state index < -0.39 is 0 Å². The molecule has 0 bridgehead atoms. The monoisotopic (exact) mass is 316 g/mol. The summed E-state index contributed by atoms with van der Waals surface area (Å²) < 4.78 is 5.74. The first-order valence-electron chi connectivity index (χ1n) is 7.21. The summed E-state index contributed by atoms with van der Waals surface area (Å²) in [5.41, 5.74) is 1.65. The van der Waals surface area contributed by atoms with Crippen molar-refractivity contribution < 1.29 is 9.53 Å². The Hall–Kier alpha value is -2.04. The molecule has 1 amide bonds. The Morgan fingerprint density at radius 3 is 2.64 bits per heavy atom. The van der Waals surface area contributed by atoms with E-state index in [2.05, 4.69) is 10.6 Å². The lowest BCUT2D eigenvalue weighted by Crippen LogP contribution is -2.50. The van der Waals surface area contributed by atoms with E-state index in [0.717, 1.165) is 24.4 Å². The molecule has 2 N–H and O–H groups in total. The summed E-state index contributed by atoms with van der Waals surface area (Å²) in [6.45, 7) is 1.79. The molecule has 1 aliphatic heterocycles. The van der Waals surface area contributed by atoms with Gasteiger partial charge in [0.1, 0.15) is 11.9 Å². The molecule has 3 rings (SSSR count). The van der Waals surface area contributed by atoms with Gasteiger partial charge in [-0.25, -0.2) is 0 Å². The van der Waals surface area contributed by atoms with E-state index in [0.29, 0.717) is 17.1 Å². The maximum atomic E-state index is 12.0. The van der Waals surface area contributed by atoms with Gasteiger partial charge in [-0.2, -0.15) is 0 Å². The van der Waals surface area contributed by atoms with Gasteiger partial charge in [0.2, 0.25) is 5.91 Å². The van der Waals surface area contributed by atoms with Gasteiger partial charge in [-0.3, -0.25) is 4.79 Å². The first kappa shape index (κ1) is 14.9. The van der Waals surface area contributed by atoms with Crippen LogP contribution < -0.4 is 15.4 Å². The van der Waals surface area contributed by atoms with Crippen LogP contribution in [0.25, 0.3) is 0 Å². The molecule has 2 aromatic rings. The highest BCUT2D eigenvalue weighted by Crippen LogP contribution is 2.17. The Labute approximate surface area is 134 Å². The molecule has 5 heteroatoms. The van der Waals surface area contributed by atoms with Gasteiger partial charge < -0.3 is 15.4 Å². The molecule has 1 aliphatic rings. The smallest absolute Gasteiger partial charge is 0.228 e. The number of ether oxygens (including phenoxy) is 1. The third-order valence-corrected chi connectivity index (χ3v) is 3.68. The number of nitrogens with one attached hydrogen (secondary N) is 2. The molecule has 0 atom stereocenters. The van der Waals surface area contributed by atoms with Crippen molar-refractivity contribution in [2.45, 2.75) is 12.5 Å². The molecule has 1 saturated heterocycles. The standard InChI is InChI=1S/C17H17ClN2O2/c18-13-2-1-3-14(9-13)20-17(21)8-12-4-6-15(7-5-12)22-16-10-19-11-16/h1-7,9,16,19H,8,10-11H2,(H,20,21). The minimum atomic E-state index is -0.0703. The summed E-state index contributed by atoms with van der Waals surface area (Å²) in [6.07, 6.45) is 0.578. The van der Waals surface area contributed by atoms with Crippen LogP contribution in [0.4, 0.5) is 5.69 Å². The summed E-state index contributed by atoms with van der Waals surface area (Å²) in [6, 6.07) is 14.8. The molecule has 4 nitrogen and oxygen atoms in total. The van der Waals surface area contributed by atoms with Crippen LogP contribution in [0, 0.1) is 0 Å². The molecule has 0 radical (unpaired) electrons. The molecule has 0 aromatic heterocycles. The van der Waals surface area contributed by atoms with Gasteiger partial charge in [-0.1, -0.05) is 29.8 Å². The van der Waals surface area contributed by atoms with Crippen molar-refractivity contribution in [1.29, 1.82) is 0 Å². The minimum absolute atomic E-state index is 0.0703. The summed E-state index contributed by atoms with van der Waals surface area (Å²) >= 11 is 5.89. The van der Waals surface area contributed by atoms with Gasteiger partial charge in [-0.15, -0.1) is 0 Å². The average Bonchev–Trinajstić information content (AvgIpc) is 2.44. The molecule has 1 heterocycles. The van der Waals surface area contributed by atoms with E-state index in [1.807, 2.05) is 30.3 Å². The number of rotatable bonds is 5. The summed E-state index contributed by atoms with van der Waals surface area (Å²) in [4.78, 5) is 12.0. The quantitative estimate of drug-likeness (QED) is 0.892. The number of carbonyl (C=O) groups excluding carboxylic acids is 1. The van der Waals surface area contributed by atoms with Crippen LogP contribution in [0.2, 0.25) is 5.02 Å². The molecular weight excluding hydrogens is 300 g/mol. The number of carbonyl (C=O) groups is 1. The minimum Gasteiger partial charge on any atom is -0.488 e. The fourth-order valence-corrected chi connectivity index (χ4v) is 2.37. The van der Waals surface area contributed by atoms with Crippen LogP contribution in [-0.2, 0) is 11.2 Å². The average molecular weight is 317 g/mol. The molecule has 0 aliphatic carbocycles. The van der Waals surface area contributed by atoms with Crippen LogP contribution in [0.1, 0.15) is 5.56 Å². The molecular formula is C17H17ClN2O2. The van der Waals surface area contributed by atoms with E-state index >= 15 is 0 Å². The van der Waals surface area contributed by atoms with Crippen molar-refractivity contribution in [2.75, 3.05) is 18.4 Å². The third kappa shape index (κ3) is 4.00. The Bertz CT molecular complexity index is 654. The SMILES string of the molecule is O=C(Cc1ccc(OC2CNC2)cc1)Nc1cccc(Cl)c1. The number of amides is 1. The van der Waals surface area contributed by atoms with Gasteiger partial charge >= 0.3 is 0 Å². The summed E-state index contributed by atoms with van der Waals surface area (Å²) in [5.74, 6) is 0.768. The topological polar surface area (TPSA) is 50.4 Å². The normalized spacial score (nSPS) is 14.2. The van der Waals surface area contributed by atoms with E-state index in [9.17, 15) is 4.79 Å². The fourth-order valence-electron chi connectivity index (χ4n) is 2.18. The molecule has 22 heavy (non-hydrogen) atoms. The van der Waals surface area contributed by atoms with E-state index in [-0.39, 0.29) is 12.0 Å². The van der Waals surface area contributed by atoms with E-state index in [1.54, 1.807) is 18.2 Å². The van der Waals surface area contributed by atoms with Crippen LogP contribution in [0.15, 0.2) is 48.5 Å². The molecule has 0 unspecified atom stereocenters. The first-order valence-corrected chi connectivity index (χ1v) is 7.58. The number of halogens is 1. The number of hydrogen-bond acceptors (Lipinski definition) is 3. The Morgan fingerprint density at radius 2 is 2.00 bits per heavy atom. The van der Waals surface area contributed by atoms with Gasteiger partial charge in [-0.05, 0) is 35.9 Å². The van der Waals surface area contributed by atoms with Crippen LogP contribution in [0.5, 0.6) is 5.75 Å². The largest absolute Gasteiger partial charge is 0.488 e. The fraction of sp³-hybridized carbons (Fsp3) is 0.235. The predicted molar refractivity (Wildman–Crippen MR) is 87.5 cm³/mol. The van der Waals surface area contributed by atoms with Crippen molar-refractivity contribution in [3.8, 4) is 5.75 Å². The van der Waals surface area contributed by atoms with Crippen LogP contribution in [-0.4, -0.2) is 25.1 Å². The highest BCUT2D eigenvalue weighted by Gasteiger charge is 2.18. The lowest BCUT2D eigenvalue weighted by Gasteiger charge is -2.27. The van der Waals surface area contributed by atoms with Crippen molar-refractivity contribution in [3.05, 3.63) is 59.1 Å². The Morgan fingerprint density at radius 1 is 1.23 bits per heavy atom. The summed E-state index contributed by atoms with van der Waals surface area (Å²) in [5, 5.41) is 6.59. The van der Waals surface area contributed by atoms with E-state index in [1.165, 1.54) is 0 Å².